The molecule has 2 rings (SSSR count). The van der Waals surface area contributed by atoms with Crippen molar-refractivity contribution >= 4 is 29.5 Å². The van der Waals surface area contributed by atoms with Crippen molar-refractivity contribution in [1.82, 2.24) is 3.94 Å². The summed E-state index contributed by atoms with van der Waals surface area (Å²) in [7, 11) is 0. The summed E-state index contributed by atoms with van der Waals surface area (Å²) in [6, 6.07) is 19.1. The molecule has 6 heteroatoms. The molecule has 2 aromatic carbocycles. The molecule has 0 aliphatic heterocycles. The molecule has 3 nitrogen and oxygen atoms in total. The Balaban J connectivity index is 0.000000385. The molecule has 0 unspecified atom stereocenters. The Kier molecular flexibility index (Phi) is 12.6. The minimum Gasteiger partial charge on any atom is -0.550 e. The molecule has 0 amide bonds. The summed E-state index contributed by atoms with van der Waals surface area (Å²) in [5.74, 6) is -1.04. The van der Waals surface area contributed by atoms with Crippen molar-refractivity contribution in [2.75, 3.05) is 6.54 Å². The molecule has 0 aliphatic carbocycles. The van der Waals surface area contributed by atoms with Crippen molar-refractivity contribution in [1.29, 1.82) is 0 Å². The third-order valence-corrected chi connectivity index (χ3v) is 2.94. The van der Waals surface area contributed by atoms with E-state index >= 15 is 0 Å². The minimum absolute atomic E-state index is 0. The number of carbonyl (C=O) groups excluding carboxylic acids is 1. The zero-order chi connectivity index (χ0) is 15.5. The first-order valence-corrected chi connectivity index (χ1v) is 7.12. The first-order valence-electron chi connectivity index (χ1n) is 6.44. The van der Waals surface area contributed by atoms with Crippen molar-refractivity contribution in [3.05, 3.63) is 71.8 Å². The second kappa shape index (κ2) is 12.9. The summed E-state index contributed by atoms with van der Waals surface area (Å²) in [5, 5.41) is 10.1. The molecule has 0 bridgehead atoms. The van der Waals surface area contributed by atoms with Gasteiger partial charge >= 0.3 is 29.6 Å². The van der Waals surface area contributed by atoms with Crippen LogP contribution in [0.3, 0.4) is 0 Å². The summed E-state index contributed by atoms with van der Waals surface area (Å²) in [6.45, 7) is 0.660. The average Bonchev–Trinajstić information content (AvgIpc) is 2.47. The van der Waals surface area contributed by atoms with Crippen LogP contribution in [0.2, 0.25) is 0 Å². The van der Waals surface area contributed by atoms with Crippen molar-refractivity contribution < 1.29 is 39.5 Å². The van der Waals surface area contributed by atoms with Gasteiger partial charge in [-0.1, -0.05) is 60.7 Å². The topological polar surface area (TPSA) is 43.4 Å². The number of carboxylic acids is 1. The van der Waals surface area contributed by atoms with Crippen LogP contribution in [-0.2, 0) is 17.6 Å². The molecule has 0 aromatic heterocycles. The summed E-state index contributed by atoms with van der Waals surface area (Å²) >= 11 is 10.9. The van der Waals surface area contributed by atoms with Gasteiger partial charge in [0, 0.05) is 18.9 Å². The smallest absolute Gasteiger partial charge is 0.550 e. The molecule has 0 heterocycles. The molecule has 0 aliphatic rings. The summed E-state index contributed by atoms with van der Waals surface area (Å²) in [6.07, 6.45) is 0.884. The predicted molar refractivity (Wildman–Crippen MR) is 83.7 cm³/mol. The van der Waals surface area contributed by atoms with Gasteiger partial charge in [-0.25, -0.2) is 0 Å². The summed E-state index contributed by atoms with van der Waals surface area (Å²) in [5.41, 5.74) is 2.03. The normalized spacial score (nSPS) is 9.41. The standard InChI is InChI=1S/C8H9Cl2N.C8H8O2.Na/c9-11(10)7-6-8-4-2-1-3-5-8;9-8(10)6-7-4-2-1-3-5-7;/h1-5H,6-7H2;1-5H,6H2,(H,9,10);/q;;+1/p-1. The number of hydrogen-bond acceptors (Lipinski definition) is 3. The van der Waals surface area contributed by atoms with Crippen molar-refractivity contribution in [3.63, 3.8) is 0 Å². The fraction of sp³-hybridized carbons (Fsp3) is 0.188. The third-order valence-electron chi connectivity index (χ3n) is 2.60. The number of aliphatic carboxylic acids is 1. The van der Waals surface area contributed by atoms with Gasteiger partial charge in [0.25, 0.3) is 0 Å². The first kappa shape index (κ1) is 21.4. The molecule has 0 spiro atoms. The zero-order valence-corrected chi connectivity index (χ0v) is 15.9. The Bertz CT molecular complexity index is 524. The average molecular weight is 348 g/mol. The summed E-state index contributed by atoms with van der Waals surface area (Å²) < 4.78 is 1.15. The Labute approximate surface area is 163 Å². The van der Waals surface area contributed by atoms with E-state index in [2.05, 4.69) is 12.1 Å². The number of carbonyl (C=O) groups is 1. The third kappa shape index (κ3) is 11.1. The van der Waals surface area contributed by atoms with E-state index in [0.29, 0.717) is 6.54 Å². The molecule has 112 valence electrons. The van der Waals surface area contributed by atoms with E-state index in [1.54, 1.807) is 24.3 Å². The van der Waals surface area contributed by atoms with Crippen LogP contribution in [0.25, 0.3) is 0 Å². The van der Waals surface area contributed by atoms with E-state index in [9.17, 15) is 9.90 Å². The number of hydrogen-bond donors (Lipinski definition) is 0. The van der Waals surface area contributed by atoms with E-state index in [4.69, 9.17) is 23.6 Å². The van der Waals surface area contributed by atoms with Gasteiger partial charge < -0.3 is 9.90 Å². The van der Waals surface area contributed by atoms with Gasteiger partial charge in [0.15, 0.2) is 0 Å². The van der Waals surface area contributed by atoms with E-state index in [-0.39, 0.29) is 36.0 Å². The molecule has 0 radical (unpaired) electrons. The van der Waals surface area contributed by atoms with E-state index < -0.39 is 5.97 Å². The molecule has 0 N–H and O–H groups in total. The van der Waals surface area contributed by atoms with Gasteiger partial charge in [0.05, 0.1) is 0 Å². The molecule has 22 heavy (non-hydrogen) atoms. The summed E-state index contributed by atoms with van der Waals surface area (Å²) in [4.78, 5) is 10.1. The van der Waals surface area contributed by atoms with Crippen LogP contribution in [0, 0.1) is 0 Å². The first-order chi connectivity index (χ1) is 10.1. The maximum Gasteiger partial charge on any atom is 1.00 e. The fourth-order valence-electron chi connectivity index (χ4n) is 1.62. The number of carboxylic acid groups (broad SMARTS) is 1. The maximum atomic E-state index is 10.1. The van der Waals surface area contributed by atoms with Crippen LogP contribution in [0.5, 0.6) is 0 Å². The molecule has 2 aromatic rings. The number of rotatable bonds is 5. The molecule has 0 atom stereocenters. The quantitative estimate of drug-likeness (QED) is 0.556. The molecule has 0 fully saturated rings. The molecular formula is C16H16Cl2NNaO2. The van der Waals surface area contributed by atoms with Gasteiger partial charge in [-0.15, -0.1) is 3.94 Å². The number of halogens is 2. The molecular weight excluding hydrogens is 332 g/mol. The van der Waals surface area contributed by atoms with Crippen LogP contribution in [0.1, 0.15) is 11.1 Å². The number of benzene rings is 2. The van der Waals surface area contributed by atoms with E-state index in [1.165, 1.54) is 5.56 Å². The Morgan fingerprint density at radius 1 is 0.909 bits per heavy atom. The van der Waals surface area contributed by atoms with Crippen molar-refractivity contribution in [2.45, 2.75) is 12.8 Å². The van der Waals surface area contributed by atoms with Crippen LogP contribution < -0.4 is 34.7 Å². The van der Waals surface area contributed by atoms with Gasteiger partial charge in [0.2, 0.25) is 0 Å². The van der Waals surface area contributed by atoms with Crippen LogP contribution in [0.4, 0.5) is 0 Å². The molecule has 0 saturated carbocycles. The molecule has 0 saturated heterocycles. The Hall–Kier alpha value is -0.550. The monoisotopic (exact) mass is 347 g/mol. The number of nitrogens with zero attached hydrogens (tertiary/aromatic N) is 1. The minimum atomic E-state index is -1.04. The van der Waals surface area contributed by atoms with Crippen LogP contribution in [-0.4, -0.2) is 16.5 Å². The maximum absolute atomic E-state index is 10.1. The van der Waals surface area contributed by atoms with Crippen molar-refractivity contribution in [2.24, 2.45) is 0 Å². The predicted octanol–water partition coefficient (Wildman–Crippen LogP) is -0.178. The second-order valence-electron chi connectivity index (χ2n) is 4.30. The second-order valence-corrected chi connectivity index (χ2v) is 5.29. The van der Waals surface area contributed by atoms with Gasteiger partial charge in [-0.3, -0.25) is 0 Å². The van der Waals surface area contributed by atoms with Gasteiger partial charge in [-0.05, 0) is 41.1 Å². The SMILES string of the molecule is ClN(Cl)CCc1ccccc1.O=C([O-])Cc1ccccc1.[Na+]. The van der Waals surface area contributed by atoms with Crippen molar-refractivity contribution in [3.8, 4) is 0 Å². The van der Waals surface area contributed by atoms with Gasteiger partial charge in [0.1, 0.15) is 0 Å². The Morgan fingerprint density at radius 3 is 1.77 bits per heavy atom. The van der Waals surface area contributed by atoms with Gasteiger partial charge in [-0.2, -0.15) is 0 Å². The van der Waals surface area contributed by atoms with E-state index in [0.717, 1.165) is 15.9 Å². The Morgan fingerprint density at radius 2 is 1.36 bits per heavy atom. The largest absolute Gasteiger partial charge is 1.00 e. The van der Waals surface area contributed by atoms with Crippen LogP contribution >= 0.6 is 23.6 Å². The zero-order valence-electron chi connectivity index (χ0n) is 12.4. The fourth-order valence-corrected chi connectivity index (χ4v) is 1.79. The van der Waals surface area contributed by atoms with Crippen LogP contribution in [0.15, 0.2) is 60.7 Å². The van der Waals surface area contributed by atoms with E-state index in [1.807, 2.05) is 24.3 Å².